The lowest BCUT2D eigenvalue weighted by molar-refractivity contribution is 0.0791. The molecule has 2 atom stereocenters. The average Bonchev–Trinajstić information content (AvgIpc) is 3.23. The molecule has 8 nitrogen and oxygen atoms in total. The van der Waals surface area contributed by atoms with Crippen LogP contribution in [0.1, 0.15) is 41.7 Å². The van der Waals surface area contributed by atoms with E-state index in [4.69, 9.17) is 9.26 Å². The number of carbonyl (C=O) groups is 1. The summed E-state index contributed by atoms with van der Waals surface area (Å²) in [5, 5.41) is 10.7. The first-order chi connectivity index (χ1) is 10.7. The van der Waals surface area contributed by atoms with E-state index in [1.165, 1.54) is 0 Å². The van der Waals surface area contributed by atoms with Gasteiger partial charge in [-0.15, -0.1) is 0 Å². The minimum Gasteiger partial charge on any atom is -0.372 e. The summed E-state index contributed by atoms with van der Waals surface area (Å²) < 4.78 is 12.6. The molecule has 0 bridgehead atoms. The van der Waals surface area contributed by atoms with Crippen molar-refractivity contribution in [1.82, 2.24) is 25.2 Å². The second kappa shape index (κ2) is 6.27. The molecule has 2 aromatic heterocycles. The van der Waals surface area contributed by atoms with E-state index < -0.39 is 0 Å². The smallest absolute Gasteiger partial charge is 0.292 e. The Balaban J connectivity index is 1.63. The Morgan fingerprint density at radius 2 is 2.41 bits per heavy atom. The van der Waals surface area contributed by atoms with Crippen molar-refractivity contribution in [3.8, 4) is 0 Å². The lowest BCUT2D eigenvalue weighted by Gasteiger charge is -2.19. The minimum absolute atomic E-state index is 0.0465. The van der Waals surface area contributed by atoms with E-state index in [0.717, 1.165) is 18.7 Å². The first kappa shape index (κ1) is 14.7. The van der Waals surface area contributed by atoms with Gasteiger partial charge in [-0.2, -0.15) is 10.1 Å². The Morgan fingerprint density at radius 3 is 3.14 bits per heavy atom. The third-order valence-electron chi connectivity index (χ3n) is 3.81. The molecular weight excluding hydrogens is 286 g/mol. The van der Waals surface area contributed by atoms with Crippen LogP contribution in [0.15, 0.2) is 16.8 Å². The van der Waals surface area contributed by atoms with Crippen LogP contribution in [0.5, 0.6) is 0 Å². The summed E-state index contributed by atoms with van der Waals surface area (Å²) in [6, 6.07) is 1.97. The van der Waals surface area contributed by atoms with Gasteiger partial charge in [-0.05, 0) is 19.4 Å². The summed E-state index contributed by atoms with van der Waals surface area (Å²) >= 11 is 0. The highest BCUT2D eigenvalue weighted by atomic mass is 16.5. The van der Waals surface area contributed by atoms with Crippen molar-refractivity contribution in [1.29, 1.82) is 0 Å². The molecule has 0 aromatic carbocycles. The number of nitrogens with one attached hydrogen (secondary N) is 1. The van der Waals surface area contributed by atoms with Crippen LogP contribution in [0.4, 0.5) is 0 Å². The second-order valence-corrected chi connectivity index (χ2v) is 5.26. The predicted octanol–water partition coefficient (Wildman–Crippen LogP) is 1.10. The third-order valence-corrected chi connectivity index (χ3v) is 3.81. The largest absolute Gasteiger partial charge is 0.372 e. The summed E-state index contributed by atoms with van der Waals surface area (Å²) in [7, 11) is 0. The maximum Gasteiger partial charge on any atom is 0.292 e. The monoisotopic (exact) mass is 305 g/mol. The van der Waals surface area contributed by atoms with Gasteiger partial charge in [0.25, 0.3) is 11.7 Å². The number of rotatable bonds is 5. The number of carbonyl (C=O) groups excluding carboxylic acids is 1. The molecule has 8 heteroatoms. The molecule has 1 aliphatic rings. The Hall–Kier alpha value is -2.22. The predicted molar refractivity (Wildman–Crippen MR) is 76.1 cm³/mol. The van der Waals surface area contributed by atoms with Gasteiger partial charge >= 0.3 is 0 Å². The fourth-order valence-corrected chi connectivity index (χ4v) is 2.71. The molecule has 3 heterocycles. The van der Waals surface area contributed by atoms with Gasteiger partial charge in [0.05, 0.1) is 5.69 Å². The number of nitrogens with zero attached hydrogens (tertiary/aromatic N) is 4. The van der Waals surface area contributed by atoms with Crippen LogP contribution < -0.4 is 5.32 Å². The summed E-state index contributed by atoms with van der Waals surface area (Å²) in [4.78, 5) is 15.9. The van der Waals surface area contributed by atoms with E-state index in [9.17, 15) is 4.79 Å². The molecule has 0 aliphatic carbocycles. The SMILES string of the molecule is CCn1nccc1[C@@H]1OCC[C@H]1CNC(=O)c1noc(C)n1. The van der Waals surface area contributed by atoms with Gasteiger partial charge in [-0.25, -0.2) is 0 Å². The first-order valence-electron chi connectivity index (χ1n) is 7.41. The van der Waals surface area contributed by atoms with Crippen LogP contribution in [0.2, 0.25) is 0 Å². The number of ether oxygens (including phenoxy) is 1. The fourth-order valence-electron chi connectivity index (χ4n) is 2.71. The molecule has 3 rings (SSSR count). The normalized spacial score (nSPS) is 21.2. The van der Waals surface area contributed by atoms with Gasteiger partial charge in [0.1, 0.15) is 6.10 Å². The highest BCUT2D eigenvalue weighted by Crippen LogP contribution is 2.33. The lowest BCUT2D eigenvalue weighted by Crippen LogP contribution is -2.31. The topological polar surface area (TPSA) is 95.1 Å². The molecule has 118 valence electrons. The quantitative estimate of drug-likeness (QED) is 0.889. The molecule has 1 N–H and O–H groups in total. The summed E-state index contributed by atoms with van der Waals surface area (Å²) in [5.41, 5.74) is 1.05. The van der Waals surface area contributed by atoms with Crippen LogP contribution in [0.3, 0.4) is 0 Å². The highest BCUT2D eigenvalue weighted by molar-refractivity contribution is 5.90. The van der Waals surface area contributed by atoms with Crippen molar-refractivity contribution in [2.75, 3.05) is 13.2 Å². The lowest BCUT2D eigenvalue weighted by atomic mass is 9.99. The van der Waals surface area contributed by atoms with Gasteiger partial charge in [-0.1, -0.05) is 5.16 Å². The molecule has 1 amide bonds. The molecule has 0 radical (unpaired) electrons. The number of aryl methyl sites for hydroxylation is 2. The van der Waals surface area contributed by atoms with E-state index in [1.54, 1.807) is 13.1 Å². The minimum atomic E-state index is -0.327. The molecule has 1 saturated heterocycles. The summed E-state index contributed by atoms with van der Waals surface area (Å²) in [5.74, 6) is 0.316. The van der Waals surface area contributed by atoms with Crippen LogP contribution in [-0.4, -0.2) is 39.0 Å². The van der Waals surface area contributed by atoms with E-state index in [1.807, 2.05) is 17.7 Å². The molecular formula is C14H19N5O3. The van der Waals surface area contributed by atoms with Crippen LogP contribution >= 0.6 is 0 Å². The van der Waals surface area contributed by atoms with Gasteiger partial charge in [-0.3, -0.25) is 9.48 Å². The first-order valence-corrected chi connectivity index (χ1v) is 7.41. The van der Waals surface area contributed by atoms with Gasteiger partial charge in [0.15, 0.2) is 0 Å². The van der Waals surface area contributed by atoms with Crippen molar-refractivity contribution >= 4 is 5.91 Å². The van der Waals surface area contributed by atoms with E-state index in [-0.39, 0.29) is 23.8 Å². The van der Waals surface area contributed by atoms with Crippen molar-refractivity contribution in [3.63, 3.8) is 0 Å². The van der Waals surface area contributed by atoms with E-state index in [2.05, 4.69) is 20.6 Å². The molecule has 0 spiro atoms. The molecule has 2 aromatic rings. The second-order valence-electron chi connectivity index (χ2n) is 5.26. The zero-order valence-corrected chi connectivity index (χ0v) is 12.7. The van der Waals surface area contributed by atoms with E-state index in [0.29, 0.717) is 19.0 Å². The molecule has 1 fully saturated rings. The highest BCUT2D eigenvalue weighted by Gasteiger charge is 2.32. The Kier molecular flexibility index (Phi) is 4.19. The van der Waals surface area contributed by atoms with Gasteiger partial charge in [0.2, 0.25) is 5.89 Å². The molecule has 22 heavy (non-hydrogen) atoms. The van der Waals surface area contributed by atoms with Crippen molar-refractivity contribution in [3.05, 3.63) is 29.7 Å². The Bertz CT molecular complexity index is 650. The van der Waals surface area contributed by atoms with E-state index >= 15 is 0 Å². The molecule has 0 unspecified atom stereocenters. The van der Waals surface area contributed by atoms with Gasteiger partial charge < -0.3 is 14.6 Å². The number of amides is 1. The standard InChI is InChI=1S/C14H19N5O3/c1-3-19-11(4-6-16-19)12-10(5-7-21-12)8-15-14(20)13-17-9(2)22-18-13/h4,6,10,12H,3,5,7-8H2,1-2H3,(H,15,20)/t10-,12+/m0/s1. The zero-order valence-electron chi connectivity index (χ0n) is 12.7. The number of aromatic nitrogens is 4. The molecule has 1 aliphatic heterocycles. The van der Waals surface area contributed by atoms with Gasteiger partial charge in [0, 0.05) is 38.7 Å². The van der Waals surface area contributed by atoms with Crippen LogP contribution in [-0.2, 0) is 11.3 Å². The fraction of sp³-hybridized carbons (Fsp3) is 0.571. The van der Waals surface area contributed by atoms with Crippen LogP contribution in [0, 0.1) is 12.8 Å². The molecule has 0 saturated carbocycles. The average molecular weight is 305 g/mol. The van der Waals surface area contributed by atoms with Crippen molar-refractivity contribution in [2.45, 2.75) is 32.9 Å². The van der Waals surface area contributed by atoms with Crippen LogP contribution in [0.25, 0.3) is 0 Å². The summed E-state index contributed by atoms with van der Waals surface area (Å²) in [6.07, 6.45) is 2.62. The van der Waals surface area contributed by atoms with Crippen molar-refractivity contribution in [2.24, 2.45) is 5.92 Å². The number of hydrogen-bond acceptors (Lipinski definition) is 6. The van der Waals surface area contributed by atoms with Crippen molar-refractivity contribution < 1.29 is 14.1 Å². The summed E-state index contributed by atoms with van der Waals surface area (Å²) in [6.45, 7) is 5.67. The number of hydrogen-bond donors (Lipinski definition) is 1. The Labute approximate surface area is 127 Å². The third kappa shape index (κ3) is 2.87. The maximum atomic E-state index is 12.0. The zero-order chi connectivity index (χ0) is 15.5. The Morgan fingerprint density at radius 1 is 1.55 bits per heavy atom. The maximum absolute atomic E-state index is 12.0.